The molecule has 29 heavy (non-hydrogen) atoms. The summed E-state index contributed by atoms with van der Waals surface area (Å²) in [7, 11) is -3.08. The molecule has 0 spiro atoms. The van der Waals surface area contributed by atoms with Crippen LogP contribution in [0.15, 0.2) is 24.3 Å². The molecule has 0 radical (unpaired) electrons. The number of aromatic nitrogens is 1. The zero-order valence-corrected chi connectivity index (χ0v) is 17.0. The monoisotopic (exact) mass is 416 g/mol. The molecule has 154 valence electrons. The van der Waals surface area contributed by atoms with Crippen molar-refractivity contribution in [2.24, 2.45) is 0 Å². The average Bonchev–Trinajstić information content (AvgIpc) is 2.88. The molecule has 1 atom stereocenters. The fourth-order valence-electron chi connectivity index (χ4n) is 4.16. The van der Waals surface area contributed by atoms with Gasteiger partial charge in [0, 0.05) is 17.1 Å². The van der Waals surface area contributed by atoms with Crippen molar-refractivity contribution in [2.75, 3.05) is 18.1 Å². The van der Waals surface area contributed by atoms with Gasteiger partial charge in [0.1, 0.15) is 0 Å². The van der Waals surface area contributed by atoms with Crippen LogP contribution < -0.4 is 5.32 Å². The predicted molar refractivity (Wildman–Crippen MR) is 108 cm³/mol. The first-order valence-electron chi connectivity index (χ1n) is 10.0. The SMILES string of the molecule is O=C(COC(=O)c1c2c(nc3ccccc13)CCCCC2)NC1CCS(=O)(=O)C1. The highest BCUT2D eigenvalue weighted by Gasteiger charge is 2.29. The summed E-state index contributed by atoms with van der Waals surface area (Å²) in [6.07, 6.45) is 5.11. The van der Waals surface area contributed by atoms with E-state index < -0.39 is 34.4 Å². The van der Waals surface area contributed by atoms with Gasteiger partial charge in [0.15, 0.2) is 16.4 Å². The number of sulfone groups is 1. The summed E-state index contributed by atoms with van der Waals surface area (Å²) in [6, 6.07) is 7.07. The highest BCUT2D eigenvalue weighted by molar-refractivity contribution is 7.91. The number of hydrogen-bond acceptors (Lipinski definition) is 6. The molecule has 1 N–H and O–H groups in total. The fraction of sp³-hybridized carbons (Fsp3) is 0.476. The van der Waals surface area contributed by atoms with E-state index in [-0.39, 0.29) is 11.5 Å². The lowest BCUT2D eigenvalue weighted by Gasteiger charge is -2.15. The van der Waals surface area contributed by atoms with E-state index in [0.29, 0.717) is 12.0 Å². The number of fused-ring (bicyclic) bond motifs is 2. The Kier molecular flexibility index (Phi) is 5.54. The number of carbonyl (C=O) groups is 2. The largest absolute Gasteiger partial charge is 0.452 e. The summed E-state index contributed by atoms with van der Waals surface area (Å²) in [6.45, 7) is -0.430. The molecule has 2 aromatic rings. The van der Waals surface area contributed by atoms with E-state index in [1.165, 1.54) is 0 Å². The second-order valence-corrected chi connectivity index (χ2v) is 9.96. The number of nitrogens with zero attached hydrogens (tertiary/aromatic N) is 1. The molecule has 0 bridgehead atoms. The molecule has 2 aliphatic rings. The average molecular weight is 416 g/mol. The topological polar surface area (TPSA) is 102 Å². The second-order valence-electron chi connectivity index (χ2n) is 7.73. The smallest absolute Gasteiger partial charge is 0.339 e. The molecule has 8 heteroatoms. The van der Waals surface area contributed by atoms with Gasteiger partial charge >= 0.3 is 5.97 Å². The van der Waals surface area contributed by atoms with Gasteiger partial charge in [-0.25, -0.2) is 13.2 Å². The zero-order valence-electron chi connectivity index (χ0n) is 16.1. The number of para-hydroxylation sites is 1. The van der Waals surface area contributed by atoms with Crippen LogP contribution in [0.1, 0.15) is 47.3 Å². The van der Waals surface area contributed by atoms with Gasteiger partial charge in [0.05, 0.1) is 22.6 Å². The van der Waals surface area contributed by atoms with Crippen molar-refractivity contribution in [3.8, 4) is 0 Å². The number of rotatable bonds is 4. The number of hydrogen-bond donors (Lipinski definition) is 1. The molecule has 4 rings (SSSR count). The van der Waals surface area contributed by atoms with Crippen molar-refractivity contribution in [1.82, 2.24) is 10.3 Å². The van der Waals surface area contributed by atoms with Crippen LogP contribution in [0.25, 0.3) is 10.9 Å². The summed E-state index contributed by atoms with van der Waals surface area (Å²) in [4.78, 5) is 29.9. The number of pyridine rings is 1. The Morgan fingerprint density at radius 2 is 1.93 bits per heavy atom. The second kappa shape index (κ2) is 8.10. The summed E-state index contributed by atoms with van der Waals surface area (Å²) >= 11 is 0. The van der Waals surface area contributed by atoms with Crippen LogP contribution in [-0.4, -0.2) is 49.4 Å². The number of ether oxygens (including phenoxy) is 1. The predicted octanol–water partition coefficient (Wildman–Crippen LogP) is 1.96. The van der Waals surface area contributed by atoms with Crippen molar-refractivity contribution >= 4 is 32.6 Å². The molecule has 1 aromatic carbocycles. The van der Waals surface area contributed by atoms with Crippen molar-refractivity contribution in [1.29, 1.82) is 0 Å². The van der Waals surface area contributed by atoms with Crippen LogP contribution in [0.5, 0.6) is 0 Å². The molecular weight excluding hydrogens is 392 g/mol. The van der Waals surface area contributed by atoms with Crippen molar-refractivity contribution in [2.45, 2.75) is 44.6 Å². The normalized spacial score (nSPS) is 20.6. The van der Waals surface area contributed by atoms with E-state index in [1.807, 2.05) is 24.3 Å². The molecule has 7 nitrogen and oxygen atoms in total. The Hall–Kier alpha value is -2.48. The van der Waals surface area contributed by atoms with Crippen LogP contribution in [-0.2, 0) is 32.2 Å². The van der Waals surface area contributed by atoms with E-state index in [4.69, 9.17) is 9.72 Å². The standard InChI is InChI=1S/C21H24N2O5S/c24-19(22-14-10-11-29(26,27)13-14)12-28-21(25)20-15-6-2-1-3-8-17(15)23-18-9-5-4-7-16(18)20/h4-5,7,9,14H,1-3,6,8,10-13H2,(H,22,24). The van der Waals surface area contributed by atoms with Gasteiger partial charge in [0.25, 0.3) is 5.91 Å². The van der Waals surface area contributed by atoms with Gasteiger partial charge in [-0.15, -0.1) is 0 Å². The molecule has 2 heterocycles. The molecule has 0 saturated carbocycles. The minimum atomic E-state index is -3.08. The maximum Gasteiger partial charge on any atom is 0.339 e. The highest BCUT2D eigenvalue weighted by atomic mass is 32.2. The Bertz CT molecular complexity index is 1060. The van der Waals surface area contributed by atoms with E-state index >= 15 is 0 Å². The van der Waals surface area contributed by atoms with E-state index in [2.05, 4.69) is 5.32 Å². The third-order valence-electron chi connectivity index (χ3n) is 5.56. The van der Waals surface area contributed by atoms with E-state index in [9.17, 15) is 18.0 Å². The molecule has 1 saturated heterocycles. The lowest BCUT2D eigenvalue weighted by atomic mass is 9.97. The molecule has 1 aliphatic heterocycles. The quantitative estimate of drug-likeness (QED) is 0.604. The Morgan fingerprint density at radius 3 is 2.72 bits per heavy atom. The number of nitrogens with one attached hydrogen (secondary N) is 1. The van der Waals surface area contributed by atoms with Crippen LogP contribution in [0.4, 0.5) is 0 Å². The van der Waals surface area contributed by atoms with Crippen molar-refractivity contribution in [3.63, 3.8) is 0 Å². The lowest BCUT2D eigenvalue weighted by Crippen LogP contribution is -2.38. The summed E-state index contributed by atoms with van der Waals surface area (Å²) in [5.41, 5.74) is 3.12. The van der Waals surface area contributed by atoms with Crippen LogP contribution in [0, 0.1) is 0 Å². The van der Waals surface area contributed by atoms with Crippen LogP contribution in [0.3, 0.4) is 0 Å². The van der Waals surface area contributed by atoms with Crippen molar-refractivity contribution < 1.29 is 22.7 Å². The van der Waals surface area contributed by atoms with Crippen LogP contribution >= 0.6 is 0 Å². The van der Waals surface area contributed by atoms with Crippen molar-refractivity contribution in [3.05, 3.63) is 41.1 Å². The minimum Gasteiger partial charge on any atom is -0.452 e. The van der Waals surface area contributed by atoms with E-state index in [0.717, 1.165) is 54.3 Å². The summed E-state index contributed by atoms with van der Waals surface area (Å²) in [5.74, 6) is -0.997. The molecule has 1 aromatic heterocycles. The Labute approximate surface area is 169 Å². The fourth-order valence-corrected chi connectivity index (χ4v) is 5.84. The first kappa shape index (κ1) is 19.8. The molecular formula is C21H24N2O5S. The number of amides is 1. The zero-order chi connectivity index (χ0) is 20.4. The Balaban J connectivity index is 1.52. The summed E-state index contributed by atoms with van der Waals surface area (Å²) < 4.78 is 28.4. The minimum absolute atomic E-state index is 0.0603. The number of carbonyl (C=O) groups excluding carboxylic acids is 2. The van der Waals surface area contributed by atoms with Crippen LogP contribution in [0.2, 0.25) is 0 Å². The Morgan fingerprint density at radius 1 is 1.14 bits per heavy atom. The number of aryl methyl sites for hydroxylation is 1. The van der Waals surface area contributed by atoms with Gasteiger partial charge in [-0.2, -0.15) is 0 Å². The molecule has 1 unspecified atom stereocenters. The highest BCUT2D eigenvalue weighted by Crippen LogP contribution is 2.29. The van der Waals surface area contributed by atoms with Gasteiger partial charge in [-0.1, -0.05) is 24.6 Å². The van der Waals surface area contributed by atoms with Gasteiger partial charge in [0.2, 0.25) is 0 Å². The third kappa shape index (κ3) is 4.42. The molecule has 1 amide bonds. The molecule has 1 aliphatic carbocycles. The molecule has 1 fully saturated rings. The third-order valence-corrected chi connectivity index (χ3v) is 7.32. The van der Waals surface area contributed by atoms with E-state index in [1.54, 1.807) is 0 Å². The first-order chi connectivity index (χ1) is 13.9. The number of benzene rings is 1. The van der Waals surface area contributed by atoms with Gasteiger partial charge < -0.3 is 10.1 Å². The maximum absolute atomic E-state index is 13.0. The maximum atomic E-state index is 13.0. The first-order valence-corrected chi connectivity index (χ1v) is 11.8. The summed E-state index contributed by atoms with van der Waals surface area (Å²) in [5, 5.41) is 3.38. The lowest BCUT2D eigenvalue weighted by molar-refractivity contribution is -0.124. The van der Waals surface area contributed by atoms with Gasteiger partial charge in [-0.05, 0) is 43.7 Å². The van der Waals surface area contributed by atoms with Gasteiger partial charge in [-0.3, -0.25) is 9.78 Å². The number of esters is 1.